The summed E-state index contributed by atoms with van der Waals surface area (Å²) >= 11 is 0. The third-order valence-electron chi connectivity index (χ3n) is 4.87. The summed E-state index contributed by atoms with van der Waals surface area (Å²) in [5.41, 5.74) is 3.60. The number of likely N-dealkylation sites (tertiary alicyclic amines) is 1. The van der Waals surface area contributed by atoms with Crippen molar-refractivity contribution in [2.24, 2.45) is 0 Å². The van der Waals surface area contributed by atoms with Gasteiger partial charge in [0.25, 0.3) is 0 Å². The van der Waals surface area contributed by atoms with Crippen molar-refractivity contribution in [3.05, 3.63) is 72.4 Å². The fraction of sp³-hybridized carbons (Fsp3) is 0.286. The predicted octanol–water partition coefficient (Wildman–Crippen LogP) is 4.48. The molecule has 0 aliphatic carbocycles. The number of pyridine rings is 1. The molecule has 0 saturated carbocycles. The van der Waals surface area contributed by atoms with Crippen molar-refractivity contribution in [1.29, 1.82) is 0 Å². The summed E-state index contributed by atoms with van der Waals surface area (Å²) in [7, 11) is 0. The van der Waals surface area contributed by atoms with E-state index < -0.39 is 0 Å². The van der Waals surface area contributed by atoms with Gasteiger partial charge in [0, 0.05) is 23.8 Å². The maximum atomic E-state index is 4.39. The first kappa shape index (κ1) is 15.2. The van der Waals surface area contributed by atoms with Crippen LogP contribution in [0.5, 0.6) is 0 Å². The standard InChI is InChI=1S/C21H23N3/c1-2-7-17(8-3-1)21(24-13-4-5-14-24)16-23-19-10-11-20-18(15-19)9-6-12-22-20/h1-3,6-12,15,21,23H,4-5,13-14,16H2. The van der Waals surface area contributed by atoms with E-state index in [-0.39, 0.29) is 0 Å². The van der Waals surface area contributed by atoms with E-state index in [1.54, 1.807) is 0 Å². The first-order valence-electron chi connectivity index (χ1n) is 8.78. The van der Waals surface area contributed by atoms with Gasteiger partial charge in [0.2, 0.25) is 0 Å². The molecule has 4 rings (SSSR count). The Morgan fingerprint density at radius 1 is 0.958 bits per heavy atom. The van der Waals surface area contributed by atoms with Crippen LogP contribution in [0.15, 0.2) is 66.9 Å². The Balaban J connectivity index is 1.53. The van der Waals surface area contributed by atoms with E-state index in [4.69, 9.17) is 0 Å². The highest BCUT2D eigenvalue weighted by Gasteiger charge is 2.23. The van der Waals surface area contributed by atoms with Gasteiger partial charge in [-0.15, -0.1) is 0 Å². The van der Waals surface area contributed by atoms with Crippen LogP contribution in [0.4, 0.5) is 5.69 Å². The highest BCUT2D eigenvalue weighted by atomic mass is 15.2. The molecular formula is C21H23N3. The first-order valence-corrected chi connectivity index (χ1v) is 8.78. The summed E-state index contributed by atoms with van der Waals surface area (Å²) in [5, 5.41) is 4.82. The molecular weight excluding hydrogens is 294 g/mol. The summed E-state index contributed by atoms with van der Waals surface area (Å²) in [6, 6.07) is 21.8. The molecule has 3 heteroatoms. The second kappa shape index (κ2) is 7.02. The third-order valence-corrected chi connectivity index (χ3v) is 4.87. The molecule has 2 heterocycles. The number of aromatic nitrogens is 1. The molecule has 3 aromatic rings. The topological polar surface area (TPSA) is 28.2 Å². The lowest BCUT2D eigenvalue weighted by molar-refractivity contribution is 0.256. The molecule has 1 atom stereocenters. The van der Waals surface area contributed by atoms with Gasteiger partial charge in [0.1, 0.15) is 0 Å². The maximum absolute atomic E-state index is 4.39. The molecule has 1 aromatic heterocycles. The Hall–Kier alpha value is -2.39. The number of nitrogens with one attached hydrogen (secondary N) is 1. The van der Waals surface area contributed by atoms with Crippen molar-refractivity contribution in [2.45, 2.75) is 18.9 Å². The van der Waals surface area contributed by atoms with E-state index in [2.05, 4.69) is 69.8 Å². The van der Waals surface area contributed by atoms with Crippen molar-refractivity contribution < 1.29 is 0 Å². The minimum atomic E-state index is 0.429. The van der Waals surface area contributed by atoms with Gasteiger partial charge in [-0.1, -0.05) is 36.4 Å². The van der Waals surface area contributed by atoms with Crippen LogP contribution >= 0.6 is 0 Å². The van der Waals surface area contributed by atoms with Gasteiger partial charge in [0.05, 0.1) is 11.6 Å². The van der Waals surface area contributed by atoms with Crippen LogP contribution in [0.2, 0.25) is 0 Å². The second-order valence-corrected chi connectivity index (χ2v) is 6.46. The largest absolute Gasteiger partial charge is 0.383 e. The molecule has 122 valence electrons. The quantitative estimate of drug-likeness (QED) is 0.752. The van der Waals surface area contributed by atoms with Crippen LogP contribution < -0.4 is 5.32 Å². The van der Waals surface area contributed by atoms with Crippen LogP contribution in [0.3, 0.4) is 0 Å². The van der Waals surface area contributed by atoms with Gasteiger partial charge in [-0.3, -0.25) is 9.88 Å². The van der Waals surface area contributed by atoms with Gasteiger partial charge in [0.15, 0.2) is 0 Å². The summed E-state index contributed by atoms with van der Waals surface area (Å²) in [5.74, 6) is 0. The molecule has 0 spiro atoms. The molecule has 0 bridgehead atoms. The SMILES string of the molecule is c1ccc(C(CNc2ccc3ncccc3c2)N2CCCC2)cc1. The molecule has 1 N–H and O–H groups in total. The van der Waals surface area contributed by atoms with Crippen LogP contribution in [-0.2, 0) is 0 Å². The van der Waals surface area contributed by atoms with Crippen molar-refractivity contribution in [3.8, 4) is 0 Å². The maximum Gasteiger partial charge on any atom is 0.0703 e. The van der Waals surface area contributed by atoms with Crippen LogP contribution in [0, 0.1) is 0 Å². The highest BCUT2D eigenvalue weighted by Crippen LogP contribution is 2.26. The predicted molar refractivity (Wildman–Crippen MR) is 100 cm³/mol. The monoisotopic (exact) mass is 317 g/mol. The van der Waals surface area contributed by atoms with Crippen LogP contribution in [-0.4, -0.2) is 29.5 Å². The van der Waals surface area contributed by atoms with Crippen LogP contribution in [0.1, 0.15) is 24.4 Å². The van der Waals surface area contributed by atoms with E-state index in [1.165, 1.54) is 36.9 Å². The van der Waals surface area contributed by atoms with Crippen LogP contribution in [0.25, 0.3) is 10.9 Å². The number of hydrogen-bond donors (Lipinski definition) is 1. The smallest absolute Gasteiger partial charge is 0.0703 e. The normalized spacial score (nSPS) is 16.3. The van der Waals surface area contributed by atoms with Crippen molar-refractivity contribution in [2.75, 3.05) is 25.0 Å². The molecule has 0 radical (unpaired) electrons. The number of anilines is 1. The summed E-state index contributed by atoms with van der Waals surface area (Å²) in [6.45, 7) is 3.32. The average molecular weight is 317 g/mol. The lowest BCUT2D eigenvalue weighted by Gasteiger charge is -2.28. The van der Waals surface area contributed by atoms with E-state index >= 15 is 0 Å². The first-order chi connectivity index (χ1) is 11.9. The van der Waals surface area contributed by atoms with E-state index in [9.17, 15) is 0 Å². The third kappa shape index (κ3) is 3.26. The summed E-state index contributed by atoms with van der Waals surface area (Å²) in [4.78, 5) is 6.99. The molecule has 2 aromatic carbocycles. The van der Waals surface area contributed by atoms with Gasteiger partial charge in [-0.05, 0) is 55.8 Å². The molecule has 1 saturated heterocycles. The zero-order valence-electron chi connectivity index (χ0n) is 13.9. The van der Waals surface area contributed by atoms with Crippen molar-refractivity contribution >= 4 is 16.6 Å². The lowest BCUT2D eigenvalue weighted by atomic mass is 10.1. The molecule has 0 amide bonds. The van der Waals surface area contributed by atoms with Gasteiger partial charge in [-0.2, -0.15) is 0 Å². The Morgan fingerprint density at radius 3 is 2.62 bits per heavy atom. The zero-order valence-corrected chi connectivity index (χ0v) is 13.9. The number of hydrogen-bond acceptors (Lipinski definition) is 3. The van der Waals surface area contributed by atoms with E-state index in [0.717, 1.165) is 17.7 Å². The van der Waals surface area contributed by atoms with Crippen molar-refractivity contribution in [3.63, 3.8) is 0 Å². The Morgan fingerprint density at radius 2 is 1.79 bits per heavy atom. The summed E-state index contributed by atoms with van der Waals surface area (Å²) in [6.07, 6.45) is 4.46. The highest BCUT2D eigenvalue weighted by molar-refractivity contribution is 5.82. The summed E-state index contributed by atoms with van der Waals surface area (Å²) < 4.78 is 0. The minimum absolute atomic E-state index is 0.429. The molecule has 1 aliphatic heterocycles. The average Bonchev–Trinajstić information content (AvgIpc) is 3.17. The fourth-order valence-electron chi connectivity index (χ4n) is 3.59. The van der Waals surface area contributed by atoms with Crippen molar-refractivity contribution in [1.82, 2.24) is 9.88 Å². The molecule has 24 heavy (non-hydrogen) atoms. The number of rotatable bonds is 5. The number of fused-ring (bicyclic) bond motifs is 1. The Kier molecular flexibility index (Phi) is 4.43. The Labute approximate surface area is 143 Å². The molecule has 3 nitrogen and oxygen atoms in total. The number of benzene rings is 2. The number of nitrogens with zero attached hydrogens (tertiary/aromatic N) is 2. The lowest BCUT2D eigenvalue weighted by Crippen LogP contribution is -2.31. The van der Waals surface area contributed by atoms with Gasteiger partial charge >= 0.3 is 0 Å². The second-order valence-electron chi connectivity index (χ2n) is 6.46. The molecule has 1 fully saturated rings. The van der Waals surface area contributed by atoms with E-state index in [0.29, 0.717) is 6.04 Å². The minimum Gasteiger partial charge on any atom is -0.383 e. The Bertz CT molecular complexity index is 794. The molecule has 1 aliphatic rings. The fourth-order valence-corrected chi connectivity index (χ4v) is 3.59. The van der Waals surface area contributed by atoms with E-state index in [1.807, 2.05) is 12.3 Å². The van der Waals surface area contributed by atoms with Gasteiger partial charge < -0.3 is 5.32 Å². The van der Waals surface area contributed by atoms with Gasteiger partial charge in [-0.25, -0.2) is 0 Å². The zero-order chi connectivity index (χ0) is 16.2. The molecule has 1 unspecified atom stereocenters.